The number of morpholine rings is 1. The molecule has 0 spiro atoms. The first-order valence-corrected chi connectivity index (χ1v) is 6.15. The quantitative estimate of drug-likeness (QED) is 0.857. The van der Waals surface area contributed by atoms with Crippen molar-refractivity contribution in [2.75, 3.05) is 37.0 Å². The van der Waals surface area contributed by atoms with Crippen LogP contribution in [0.2, 0.25) is 0 Å². The van der Waals surface area contributed by atoms with Gasteiger partial charge in [-0.25, -0.2) is 9.97 Å². The summed E-state index contributed by atoms with van der Waals surface area (Å²) in [6.07, 6.45) is 1.12. The standard InChI is InChI=1S/C12H20N4O/c1-4-10-14-11(13-3)7-12(15-10)16-5-6-17-9(2)8-16/h7,9H,4-6,8H2,1-3H3,(H,13,14,15). The molecule has 2 rings (SSSR count). The van der Waals surface area contributed by atoms with Crippen molar-refractivity contribution in [1.29, 1.82) is 0 Å². The second-order valence-electron chi connectivity index (χ2n) is 4.26. The van der Waals surface area contributed by atoms with Crippen LogP contribution >= 0.6 is 0 Å². The molecule has 1 fully saturated rings. The third kappa shape index (κ3) is 2.85. The largest absolute Gasteiger partial charge is 0.375 e. The minimum absolute atomic E-state index is 0.266. The van der Waals surface area contributed by atoms with Crippen LogP contribution in [0.15, 0.2) is 6.07 Å². The van der Waals surface area contributed by atoms with E-state index in [2.05, 4.69) is 34.0 Å². The monoisotopic (exact) mass is 236 g/mol. The predicted octanol–water partition coefficient (Wildman–Crippen LogP) is 1.31. The molecule has 0 amide bonds. The average Bonchev–Trinajstić information content (AvgIpc) is 2.38. The number of nitrogens with one attached hydrogen (secondary N) is 1. The number of hydrogen-bond donors (Lipinski definition) is 1. The molecule has 0 radical (unpaired) electrons. The molecule has 0 saturated carbocycles. The van der Waals surface area contributed by atoms with Gasteiger partial charge in [0.2, 0.25) is 0 Å². The van der Waals surface area contributed by atoms with E-state index in [0.717, 1.165) is 43.6 Å². The Morgan fingerprint density at radius 1 is 1.53 bits per heavy atom. The van der Waals surface area contributed by atoms with E-state index >= 15 is 0 Å². The maximum absolute atomic E-state index is 5.54. The van der Waals surface area contributed by atoms with E-state index < -0.39 is 0 Å². The van der Waals surface area contributed by atoms with Gasteiger partial charge in [-0.2, -0.15) is 0 Å². The summed E-state index contributed by atoms with van der Waals surface area (Å²) < 4.78 is 5.54. The minimum Gasteiger partial charge on any atom is -0.375 e. The number of aryl methyl sites for hydroxylation is 1. The molecule has 5 nitrogen and oxygen atoms in total. The first-order chi connectivity index (χ1) is 8.22. The average molecular weight is 236 g/mol. The van der Waals surface area contributed by atoms with Crippen LogP contribution in [0.5, 0.6) is 0 Å². The highest BCUT2D eigenvalue weighted by Gasteiger charge is 2.18. The molecule has 94 valence electrons. The van der Waals surface area contributed by atoms with Crippen molar-refractivity contribution >= 4 is 11.6 Å². The molecule has 0 aliphatic carbocycles. The molecule has 1 aliphatic heterocycles. The Hall–Kier alpha value is -1.36. The molecule has 1 saturated heterocycles. The summed E-state index contributed by atoms with van der Waals surface area (Å²) in [6.45, 7) is 6.71. The van der Waals surface area contributed by atoms with Crippen LogP contribution in [0, 0.1) is 0 Å². The van der Waals surface area contributed by atoms with Gasteiger partial charge >= 0.3 is 0 Å². The van der Waals surface area contributed by atoms with E-state index in [0.29, 0.717) is 0 Å². The number of anilines is 2. The summed E-state index contributed by atoms with van der Waals surface area (Å²) in [5.74, 6) is 2.76. The molecular formula is C12H20N4O. The molecule has 1 aromatic rings. The van der Waals surface area contributed by atoms with E-state index in [1.54, 1.807) is 0 Å². The molecular weight excluding hydrogens is 216 g/mol. The fourth-order valence-electron chi connectivity index (χ4n) is 1.96. The van der Waals surface area contributed by atoms with Gasteiger partial charge in [0, 0.05) is 32.6 Å². The second kappa shape index (κ2) is 5.31. The maximum atomic E-state index is 5.54. The molecule has 1 aromatic heterocycles. The number of nitrogens with zero attached hydrogens (tertiary/aromatic N) is 3. The lowest BCUT2D eigenvalue weighted by molar-refractivity contribution is 0.0529. The highest BCUT2D eigenvalue weighted by molar-refractivity contribution is 5.49. The third-order valence-electron chi connectivity index (χ3n) is 2.90. The second-order valence-corrected chi connectivity index (χ2v) is 4.26. The molecule has 5 heteroatoms. The van der Waals surface area contributed by atoms with Crippen molar-refractivity contribution in [3.63, 3.8) is 0 Å². The Balaban J connectivity index is 2.23. The van der Waals surface area contributed by atoms with E-state index in [4.69, 9.17) is 4.74 Å². The van der Waals surface area contributed by atoms with Gasteiger partial charge in [0.05, 0.1) is 12.7 Å². The first-order valence-electron chi connectivity index (χ1n) is 6.15. The van der Waals surface area contributed by atoms with Gasteiger partial charge in [-0.05, 0) is 6.92 Å². The van der Waals surface area contributed by atoms with Crippen molar-refractivity contribution in [2.24, 2.45) is 0 Å². The summed E-state index contributed by atoms with van der Waals surface area (Å²) in [6, 6.07) is 2.00. The van der Waals surface area contributed by atoms with Gasteiger partial charge in [0.1, 0.15) is 17.5 Å². The minimum atomic E-state index is 0.266. The predicted molar refractivity (Wildman–Crippen MR) is 68.6 cm³/mol. The SMILES string of the molecule is CCc1nc(NC)cc(N2CCOC(C)C2)n1. The maximum Gasteiger partial charge on any atom is 0.134 e. The molecule has 1 unspecified atom stereocenters. The number of rotatable bonds is 3. The van der Waals surface area contributed by atoms with Gasteiger partial charge in [0.25, 0.3) is 0 Å². The Bertz CT molecular complexity index is 361. The van der Waals surface area contributed by atoms with Gasteiger partial charge in [-0.1, -0.05) is 6.92 Å². The van der Waals surface area contributed by atoms with Crippen LogP contribution in [0.4, 0.5) is 11.6 Å². The fraction of sp³-hybridized carbons (Fsp3) is 0.667. The zero-order chi connectivity index (χ0) is 12.3. The van der Waals surface area contributed by atoms with Crippen LogP contribution in [-0.4, -0.2) is 42.8 Å². The Morgan fingerprint density at radius 3 is 3.00 bits per heavy atom. The van der Waals surface area contributed by atoms with Crippen LogP contribution < -0.4 is 10.2 Å². The Labute approximate surface area is 102 Å². The Kier molecular flexibility index (Phi) is 3.78. The van der Waals surface area contributed by atoms with Crippen molar-refractivity contribution in [1.82, 2.24) is 9.97 Å². The highest BCUT2D eigenvalue weighted by Crippen LogP contribution is 2.18. The molecule has 1 aliphatic rings. The first kappa shape index (κ1) is 12.1. The van der Waals surface area contributed by atoms with Crippen LogP contribution in [0.1, 0.15) is 19.7 Å². The topological polar surface area (TPSA) is 50.3 Å². The van der Waals surface area contributed by atoms with E-state index in [1.807, 2.05) is 13.1 Å². The summed E-state index contributed by atoms with van der Waals surface area (Å²) >= 11 is 0. The molecule has 1 atom stereocenters. The molecule has 0 aromatic carbocycles. The molecule has 2 heterocycles. The van der Waals surface area contributed by atoms with Crippen LogP contribution in [0.25, 0.3) is 0 Å². The fourth-order valence-corrected chi connectivity index (χ4v) is 1.96. The summed E-state index contributed by atoms with van der Waals surface area (Å²) in [5, 5.41) is 3.08. The van der Waals surface area contributed by atoms with Gasteiger partial charge in [-0.15, -0.1) is 0 Å². The van der Waals surface area contributed by atoms with Crippen LogP contribution in [0.3, 0.4) is 0 Å². The van der Waals surface area contributed by atoms with Gasteiger partial charge < -0.3 is 15.0 Å². The number of aromatic nitrogens is 2. The van der Waals surface area contributed by atoms with E-state index in [-0.39, 0.29) is 6.10 Å². The smallest absolute Gasteiger partial charge is 0.134 e. The van der Waals surface area contributed by atoms with Crippen molar-refractivity contribution in [3.8, 4) is 0 Å². The zero-order valence-electron chi connectivity index (χ0n) is 10.7. The zero-order valence-corrected chi connectivity index (χ0v) is 10.7. The van der Waals surface area contributed by atoms with Crippen molar-refractivity contribution in [2.45, 2.75) is 26.4 Å². The van der Waals surface area contributed by atoms with E-state index in [9.17, 15) is 0 Å². The molecule has 17 heavy (non-hydrogen) atoms. The lowest BCUT2D eigenvalue weighted by Gasteiger charge is -2.32. The Morgan fingerprint density at radius 2 is 2.35 bits per heavy atom. The third-order valence-corrected chi connectivity index (χ3v) is 2.90. The van der Waals surface area contributed by atoms with Crippen molar-refractivity contribution < 1.29 is 4.74 Å². The van der Waals surface area contributed by atoms with Crippen LogP contribution in [-0.2, 0) is 11.2 Å². The van der Waals surface area contributed by atoms with E-state index in [1.165, 1.54) is 0 Å². The highest BCUT2D eigenvalue weighted by atomic mass is 16.5. The lowest BCUT2D eigenvalue weighted by Crippen LogP contribution is -2.41. The summed E-state index contributed by atoms with van der Waals surface area (Å²) in [7, 11) is 1.88. The van der Waals surface area contributed by atoms with Gasteiger partial charge in [-0.3, -0.25) is 0 Å². The van der Waals surface area contributed by atoms with Gasteiger partial charge in [0.15, 0.2) is 0 Å². The lowest BCUT2D eigenvalue weighted by atomic mass is 10.3. The number of ether oxygens (including phenoxy) is 1. The summed E-state index contributed by atoms with van der Waals surface area (Å²) in [4.78, 5) is 11.2. The number of hydrogen-bond acceptors (Lipinski definition) is 5. The molecule has 1 N–H and O–H groups in total. The molecule has 0 bridgehead atoms. The van der Waals surface area contributed by atoms with Crippen molar-refractivity contribution in [3.05, 3.63) is 11.9 Å². The normalized spacial score (nSPS) is 20.4. The summed E-state index contributed by atoms with van der Waals surface area (Å²) in [5.41, 5.74) is 0.